The Morgan fingerprint density at radius 2 is 1.44 bits per heavy atom. The summed E-state index contributed by atoms with van der Waals surface area (Å²) in [5, 5.41) is 30.9. The van der Waals surface area contributed by atoms with Crippen molar-refractivity contribution in [1.82, 2.24) is 15.1 Å². The molecule has 0 aliphatic carbocycles. The molecule has 14 heteroatoms. The van der Waals surface area contributed by atoms with Gasteiger partial charge in [0.15, 0.2) is 5.11 Å². The van der Waals surface area contributed by atoms with Crippen LogP contribution in [0.25, 0.3) is 0 Å². The molecule has 0 aromatic heterocycles. The molecule has 1 aliphatic rings. The predicted molar refractivity (Wildman–Crippen MR) is 148 cm³/mol. The molecule has 2 rings (SSSR count). The fourth-order valence-electron chi connectivity index (χ4n) is 4.66. The van der Waals surface area contributed by atoms with E-state index < -0.39 is 71.3 Å². The number of nitrogens with zero attached hydrogens (tertiary/aromatic N) is 2. The number of alkyl carbamates (subject to hydrolysis) is 1. The van der Waals surface area contributed by atoms with Crippen LogP contribution in [-0.2, 0) is 35.3 Å². The average Bonchev–Trinajstić information content (AvgIpc) is 2.93. The van der Waals surface area contributed by atoms with Crippen molar-refractivity contribution in [2.24, 2.45) is 5.41 Å². The number of nitrogens with one attached hydrogen (secondary N) is 1. The number of benzene rings is 1. The summed E-state index contributed by atoms with van der Waals surface area (Å²) >= 11 is 5.34. The van der Waals surface area contributed by atoms with E-state index in [1.54, 1.807) is 26.0 Å². The highest BCUT2D eigenvalue weighted by Crippen LogP contribution is 2.39. The molecule has 0 radical (unpaired) electrons. The van der Waals surface area contributed by atoms with Crippen LogP contribution >= 0.6 is 12.2 Å². The summed E-state index contributed by atoms with van der Waals surface area (Å²) in [6, 6.07) is 5.83. The number of unbranched alkanes of at least 4 members (excludes halogenated alkanes) is 1. The number of aliphatic carboxylic acids is 3. The summed E-state index contributed by atoms with van der Waals surface area (Å²) in [5.74, 6) is -5.98. The molecule has 1 heterocycles. The first-order chi connectivity index (χ1) is 19.4. The third-order valence-electron chi connectivity index (χ3n) is 7.09. The first-order valence-electron chi connectivity index (χ1n) is 13.2. The van der Waals surface area contributed by atoms with Gasteiger partial charge in [-0.25, -0.2) is 14.4 Å². The van der Waals surface area contributed by atoms with Crippen molar-refractivity contribution in [3.05, 3.63) is 35.9 Å². The minimum atomic E-state index is -1.77. The minimum Gasteiger partial charge on any atom is -0.481 e. The van der Waals surface area contributed by atoms with Gasteiger partial charge in [-0.3, -0.25) is 24.2 Å². The fourth-order valence-corrected chi connectivity index (χ4v) is 5.08. The predicted octanol–water partition coefficient (Wildman–Crippen LogP) is 2.62. The van der Waals surface area contributed by atoms with Gasteiger partial charge in [-0.15, -0.1) is 0 Å². The number of carboxylic acid groups (broad SMARTS) is 3. The Morgan fingerprint density at radius 1 is 0.902 bits per heavy atom. The molecule has 1 aromatic carbocycles. The third kappa shape index (κ3) is 7.99. The SMILES string of the molecule is CCC1(CC)C(=O)N([C@@H](CCCCNC(=O)OCc2ccccc2)C(=O)O)C(=S)N([C@@H](CCC(=O)O)C(=O)O)C1=O. The zero-order valence-corrected chi connectivity index (χ0v) is 23.7. The summed E-state index contributed by atoms with van der Waals surface area (Å²) in [5.41, 5.74) is -0.957. The van der Waals surface area contributed by atoms with E-state index in [9.17, 15) is 39.0 Å². The van der Waals surface area contributed by atoms with E-state index in [-0.39, 0.29) is 38.8 Å². The van der Waals surface area contributed by atoms with E-state index in [0.717, 1.165) is 10.5 Å². The van der Waals surface area contributed by atoms with Crippen molar-refractivity contribution >= 4 is 53.1 Å². The van der Waals surface area contributed by atoms with Crippen LogP contribution in [0.1, 0.15) is 64.4 Å². The van der Waals surface area contributed by atoms with Crippen molar-refractivity contribution < 1.29 is 48.8 Å². The summed E-state index contributed by atoms with van der Waals surface area (Å²) < 4.78 is 5.13. The van der Waals surface area contributed by atoms with Crippen molar-refractivity contribution in [3.63, 3.8) is 0 Å². The highest BCUT2D eigenvalue weighted by Gasteiger charge is 2.58. The number of carbonyl (C=O) groups is 6. The van der Waals surface area contributed by atoms with Crippen LogP contribution < -0.4 is 5.32 Å². The maximum absolute atomic E-state index is 13.7. The molecule has 4 N–H and O–H groups in total. The molecule has 2 atom stereocenters. The fraction of sp³-hybridized carbons (Fsp3) is 0.519. The highest BCUT2D eigenvalue weighted by molar-refractivity contribution is 7.80. The van der Waals surface area contributed by atoms with E-state index in [0.29, 0.717) is 11.3 Å². The summed E-state index contributed by atoms with van der Waals surface area (Å²) in [6.45, 7) is 3.34. The molecular formula is C27H35N3O10S. The lowest BCUT2D eigenvalue weighted by Gasteiger charge is -2.48. The van der Waals surface area contributed by atoms with Gasteiger partial charge >= 0.3 is 24.0 Å². The molecule has 13 nitrogen and oxygen atoms in total. The summed E-state index contributed by atoms with van der Waals surface area (Å²) in [4.78, 5) is 76.2. The van der Waals surface area contributed by atoms with Crippen LogP contribution in [0.15, 0.2) is 30.3 Å². The maximum Gasteiger partial charge on any atom is 0.407 e. The molecular weight excluding hydrogens is 558 g/mol. The van der Waals surface area contributed by atoms with Gasteiger partial charge < -0.3 is 25.4 Å². The molecule has 1 saturated heterocycles. The third-order valence-corrected chi connectivity index (χ3v) is 7.48. The number of amides is 3. The van der Waals surface area contributed by atoms with Crippen LogP contribution in [0.4, 0.5) is 4.79 Å². The smallest absolute Gasteiger partial charge is 0.407 e. The number of carboxylic acids is 3. The molecule has 0 bridgehead atoms. The first-order valence-corrected chi connectivity index (χ1v) is 13.6. The Morgan fingerprint density at radius 3 is 1.93 bits per heavy atom. The highest BCUT2D eigenvalue weighted by atomic mass is 32.1. The topological polar surface area (TPSA) is 191 Å². The van der Waals surface area contributed by atoms with Gasteiger partial charge in [0.1, 0.15) is 24.1 Å². The molecule has 0 unspecified atom stereocenters. The Hall–Kier alpha value is -4.07. The van der Waals surface area contributed by atoms with Crippen LogP contribution in [-0.4, -0.2) is 84.7 Å². The number of ether oxygens (including phenoxy) is 1. The van der Waals surface area contributed by atoms with Crippen LogP contribution in [0.2, 0.25) is 0 Å². The lowest BCUT2D eigenvalue weighted by molar-refractivity contribution is -0.167. The summed E-state index contributed by atoms with van der Waals surface area (Å²) in [6.07, 6.45) is -1.40. The van der Waals surface area contributed by atoms with E-state index in [4.69, 9.17) is 22.1 Å². The number of hydrogen-bond donors (Lipinski definition) is 4. The molecule has 1 aliphatic heterocycles. The molecule has 0 spiro atoms. The molecule has 224 valence electrons. The lowest BCUT2D eigenvalue weighted by Crippen LogP contribution is -2.70. The molecule has 0 saturated carbocycles. The standard InChI is InChI=1S/C27H35N3O10S/c1-3-27(4-2)23(37)29(26(41)30(24(27)38)19(22(35)36)13-14-20(31)32)18(21(33)34)12-8-9-15-28-25(39)40-16-17-10-6-5-7-11-17/h5-7,10-11,18-19H,3-4,8-9,12-16H2,1-2H3,(H,28,39)(H,31,32)(H,33,34)(H,35,36)/t18-,19-/m0/s1. The van der Waals surface area contributed by atoms with Gasteiger partial charge in [-0.05, 0) is 56.3 Å². The number of rotatable bonds is 16. The quantitative estimate of drug-likeness (QED) is 0.125. The molecule has 1 fully saturated rings. The second-order valence-electron chi connectivity index (χ2n) is 9.55. The minimum absolute atomic E-state index is 0.0522. The Labute approximate surface area is 242 Å². The van der Waals surface area contributed by atoms with Crippen molar-refractivity contribution in [3.8, 4) is 0 Å². The van der Waals surface area contributed by atoms with E-state index in [1.807, 2.05) is 18.2 Å². The molecule has 1 aromatic rings. The van der Waals surface area contributed by atoms with Crippen molar-refractivity contribution in [2.75, 3.05) is 6.54 Å². The Kier molecular flexibility index (Phi) is 12.2. The Balaban J connectivity index is 2.16. The Bertz CT molecular complexity index is 1160. The maximum atomic E-state index is 13.7. The number of hydrogen-bond acceptors (Lipinski definition) is 8. The van der Waals surface area contributed by atoms with E-state index >= 15 is 0 Å². The second-order valence-corrected chi connectivity index (χ2v) is 9.91. The molecule has 41 heavy (non-hydrogen) atoms. The normalized spacial score (nSPS) is 16.2. The number of carbonyl (C=O) groups excluding carboxylic acids is 3. The van der Waals surface area contributed by atoms with Crippen molar-refractivity contribution in [2.45, 2.75) is 77.5 Å². The van der Waals surface area contributed by atoms with Gasteiger partial charge in [0.2, 0.25) is 11.8 Å². The van der Waals surface area contributed by atoms with E-state index in [1.165, 1.54) is 0 Å². The van der Waals surface area contributed by atoms with E-state index in [2.05, 4.69) is 5.32 Å². The monoisotopic (exact) mass is 593 g/mol. The number of thiocarbonyl (C=S) groups is 1. The van der Waals surface area contributed by atoms with Gasteiger partial charge in [0, 0.05) is 13.0 Å². The zero-order valence-electron chi connectivity index (χ0n) is 22.9. The second kappa shape index (κ2) is 15.1. The van der Waals surface area contributed by atoms with Gasteiger partial charge in [0.25, 0.3) is 0 Å². The molecule has 3 amide bonds. The van der Waals surface area contributed by atoms with Gasteiger partial charge in [0.05, 0.1) is 0 Å². The first kappa shape index (κ1) is 33.1. The van der Waals surface area contributed by atoms with Crippen LogP contribution in [0, 0.1) is 5.41 Å². The summed E-state index contributed by atoms with van der Waals surface area (Å²) in [7, 11) is 0. The van der Waals surface area contributed by atoms with Gasteiger partial charge in [-0.2, -0.15) is 0 Å². The lowest BCUT2D eigenvalue weighted by atomic mass is 9.77. The van der Waals surface area contributed by atoms with Crippen LogP contribution in [0.5, 0.6) is 0 Å². The zero-order chi connectivity index (χ0) is 30.7. The van der Waals surface area contributed by atoms with Gasteiger partial charge in [-0.1, -0.05) is 44.2 Å². The van der Waals surface area contributed by atoms with Crippen molar-refractivity contribution in [1.29, 1.82) is 0 Å². The average molecular weight is 594 g/mol. The largest absolute Gasteiger partial charge is 0.481 e. The van der Waals surface area contributed by atoms with Crippen LogP contribution in [0.3, 0.4) is 0 Å².